The Bertz CT molecular complexity index is 286. The summed E-state index contributed by atoms with van der Waals surface area (Å²) in [6, 6.07) is 0.951. The number of hydrogen-bond acceptors (Lipinski definition) is 2. The van der Waals surface area contributed by atoms with Gasteiger partial charge in [0.1, 0.15) is 0 Å². The molecule has 2 heteroatoms. The summed E-state index contributed by atoms with van der Waals surface area (Å²) in [5.74, 6) is 5.11. The summed E-state index contributed by atoms with van der Waals surface area (Å²) in [6.45, 7) is 3.58. The molecule has 0 aromatic heterocycles. The minimum Gasteiger partial charge on any atom is -0.330 e. The van der Waals surface area contributed by atoms with E-state index in [4.69, 9.17) is 5.73 Å². The molecule has 1 atom stereocenters. The fraction of sp³-hybridized carbons (Fsp3) is 1.00. The zero-order valence-corrected chi connectivity index (χ0v) is 11.6. The molecule has 2 N–H and O–H groups in total. The molecule has 18 heavy (non-hydrogen) atoms. The first-order chi connectivity index (χ1) is 8.83. The molecule has 0 spiro atoms. The van der Waals surface area contributed by atoms with E-state index in [1.165, 1.54) is 25.9 Å². The molecule has 5 aliphatic rings. The molecule has 102 valence electrons. The van der Waals surface area contributed by atoms with Gasteiger partial charge in [-0.3, -0.25) is 4.90 Å². The van der Waals surface area contributed by atoms with Crippen molar-refractivity contribution >= 4 is 0 Å². The van der Waals surface area contributed by atoms with E-state index in [1.54, 1.807) is 32.1 Å². The summed E-state index contributed by atoms with van der Waals surface area (Å²) < 4.78 is 0. The lowest BCUT2D eigenvalue weighted by molar-refractivity contribution is -0.0753. The molecular formula is C16H28N2. The Kier molecular flexibility index (Phi) is 2.92. The summed E-state index contributed by atoms with van der Waals surface area (Å²) >= 11 is 0. The van der Waals surface area contributed by atoms with Crippen molar-refractivity contribution in [2.75, 3.05) is 19.6 Å². The van der Waals surface area contributed by atoms with Gasteiger partial charge in [0, 0.05) is 12.6 Å². The minimum absolute atomic E-state index is 0.788. The molecule has 0 amide bonds. The molecule has 4 aliphatic carbocycles. The minimum atomic E-state index is 0.788. The fourth-order valence-corrected chi connectivity index (χ4v) is 6.05. The molecule has 1 aliphatic heterocycles. The van der Waals surface area contributed by atoms with Gasteiger partial charge in [0.2, 0.25) is 0 Å². The van der Waals surface area contributed by atoms with Crippen molar-refractivity contribution < 1.29 is 0 Å². The van der Waals surface area contributed by atoms with Crippen molar-refractivity contribution in [3.63, 3.8) is 0 Å². The number of rotatable bonds is 2. The normalized spacial score (nSPS) is 51.8. The van der Waals surface area contributed by atoms with Gasteiger partial charge in [-0.1, -0.05) is 0 Å². The van der Waals surface area contributed by atoms with Gasteiger partial charge in [0.25, 0.3) is 0 Å². The molecular weight excluding hydrogens is 220 g/mol. The molecule has 0 aromatic rings. The Morgan fingerprint density at radius 3 is 2.22 bits per heavy atom. The number of nitrogens with two attached hydrogens (primary N) is 1. The lowest BCUT2D eigenvalue weighted by Crippen LogP contribution is -2.58. The maximum absolute atomic E-state index is 5.91. The Balaban J connectivity index is 1.50. The SMILES string of the molecule is NCC1CCCN(C2C3CC4CC(C3)CC2C4)C1. The molecule has 1 unspecified atom stereocenters. The van der Waals surface area contributed by atoms with Gasteiger partial charge in [0.05, 0.1) is 0 Å². The molecule has 1 saturated heterocycles. The highest BCUT2D eigenvalue weighted by atomic mass is 15.2. The van der Waals surface area contributed by atoms with Crippen molar-refractivity contribution in [3.8, 4) is 0 Å². The number of piperidine rings is 1. The standard InChI is InChI=1S/C16H28N2/c17-9-11-2-1-3-18(10-11)16-14-5-12-4-13(7-14)8-15(16)6-12/h11-16H,1-10,17H2. The van der Waals surface area contributed by atoms with Crippen LogP contribution >= 0.6 is 0 Å². The van der Waals surface area contributed by atoms with Crippen LogP contribution in [0.3, 0.4) is 0 Å². The number of nitrogens with zero attached hydrogens (tertiary/aromatic N) is 1. The highest BCUT2D eigenvalue weighted by Crippen LogP contribution is 2.55. The smallest absolute Gasteiger partial charge is 0.0152 e. The van der Waals surface area contributed by atoms with E-state index in [0.717, 1.165) is 42.2 Å². The Morgan fingerprint density at radius 1 is 0.944 bits per heavy atom. The van der Waals surface area contributed by atoms with Gasteiger partial charge < -0.3 is 5.73 Å². The third kappa shape index (κ3) is 1.84. The van der Waals surface area contributed by atoms with Gasteiger partial charge in [-0.15, -0.1) is 0 Å². The predicted octanol–water partition coefficient (Wildman–Crippen LogP) is 2.48. The van der Waals surface area contributed by atoms with Crippen molar-refractivity contribution in [1.29, 1.82) is 0 Å². The fourth-order valence-electron chi connectivity index (χ4n) is 6.05. The Hall–Kier alpha value is -0.0800. The van der Waals surface area contributed by atoms with E-state index < -0.39 is 0 Å². The molecule has 4 saturated carbocycles. The maximum Gasteiger partial charge on any atom is 0.0152 e. The van der Waals surface area contributed by atoms with Crippen LogP contribution in [-0.2, 0) is 0 Å². The molecule has 1 heterocycles. The van der Waals surface area contributed by atoms with Crippen molar-refractivity contribution in [1.82, 2.24) is 4.90 Å². The molecule has 5 fully saturated rings. The largest absolute Gasteiger partial charge is 0.330 e. The molecule has 0 aromatic carbocycles. The monoisotopic (exact) mass is 248 g/mol. The van der Waals surface area contributed by atoms with Crippen LogP contribution in [0.2, 0.25) is 0 Å². The third-order valence-corrected chi connectivity index (χ3v) is 6.48. The average molecular weight is 248 g/mol. The van der Waals surface area contributed by atoms with E-state index in [9.17, 15) is 0 Å². The van der Waals surface area contributed by atoms with Crippen LogP contribution in [0.4, 0.5) is 0 Å². The van der Waals surface area contributed by atoms with Crippen LogP contribution in [-0.4, -0.2) is 30.6 Å². The predicted molar refractivity (Wildman–Crippen MR) is 74.2 cm³/mol. The average Bonchev–Trinajstić information content (AvgIpc) is 2.38. The first kappa shape index (κ1) is 11.7. The van der Waals surface area contributed by atoms with E-state index in [2.05, 4.69) is 4.90 Å². The van der Waals surface area contributed by atoms with Crippen LogP contribution in [0, 0.1) is 29.6 Å². The summed E-state index contributed by atoms with van der Waals surface area (Å²) in [5, 5.41) is 0. The lowest BCUT2D eigenvalue weighted by Gasteiger charge is -2.58. The van der Waals surface area contributed by atoms with Crippen LogP contribution < -0.4 is 5.73 Å². The molecule has 5 rings (SSSR count). The second-order valence-electron chi connectivity index (χ2n) is 7.66. The summed E-state index contributed by atoms with van der Waals surface area (Å²) in [4.78, 5) is 2.87. The summed E-state index contributed by atoms with van der Waals surface area (Å²) in [6.07, 6.45) is 10.6. The van der Waals surface area contributed by atoms with Gasteiger partial charge in [-0.25, -0.2) is 0 Å². The lowest BCUT2D eigenvalue weighted by atomic mass is 9.53. The van der Waals surface area contributed by atoms with Gasteiger partial charge in [0.15, 0.2) is 0 Å². The Morgan fingerprint density at radius 2 is 1.61 bits per heavy atom. The first-order valence-electron chi connectivity index (χ1n) is 8.27. The number of hydrogen-bond donors (Lipinski definition) is 1. The quantitative estimate of drug-likeness (QED) is 0.813. The first-order valence-corrected chi connectivity index (χ1v) is 8.27. The van der Waals surface area contributed by atoms with Crippen molar-refractivity contribution in [2.24, 2.45) is 35.3 Å². The second kappa shape index (κ2) is 4.49. The summed E-state index contributed by atoms with van der Waals surface area (Å²) in [5.41, 5.74) is 5.91. The highest BCUT2D eigenvalue weighted by molar-refractivity contribution is 5.02. The van der Waals surface area contributed by atoms with E-state index in [0.29, 0.717) is 0 Å². The molecule has 2 nitrogen and oxygen atoms in total. The van der Waals surface area contributed by atoms with Crippen molar-refractivity contribution in [2.45, 2.75) is 51.0 Å². The van der Waals surface area contributed by atoms with Crippen LogP contribution in [0.25, 0.3) is 0 Å². The summed E-state index contributed by atoms with van der Waals surface area (Å²) in [7, 11) is 0. The van der Waals surface area contributed by atoms with Gasteiger partial charge >= 0.3 is 0 Å². The van der Waals surface area contributed by atoms with Crippen LogP contribution in [0.15, 0.2) is 0 Å². The Labute approximate surface area is 111 Å². The topological polar surface area (TPSA) is 29.3 Å². The zero-order valence-electron chi connectivity index (χ0n) is 11.6. The maximum atomic E-state index is 5.91. The van der Waals surface area contributed by atoms with Crippen LogP contribution in [0.5, 0.6) is 0 Å². The van der Waals surface area contributed by atoms with Crippen LogP contribution in [0.1, 0.15) is 44.9 Å². The van der Waals surface area contributed by atoms with E-state index >= 15 is 0 Å². The van der Waals surface area contributed by atoms with E-state index in [-0.39, 0.29) is 0 Å². The van der Waals surface area contributed by atoms with Gasteiger partial charge in [-0.2, -0.15) is 0 Å². The second-order valence-corrected chi connectivity index (χ2v) is 7.66. The zero-order chi connectivity index (χ0) is 12.1. The van der Waals surface area contributed by atoms with Gasteiger partial charge in [-0.05, 0) is 87.6 Å². The van der Waals surface area contributed by atoms with Crippen molar-refractivity contribution in [3.05, 3.63) is 0 Å². The van der Waals surface area contributed by atoms with E-state index in [1.807, 2.05) is 0 Å². The third-order valence-electron chi connectivity index (χ3n) is 6.48. The highest BCUT2D eigenvalue weighted by Gasteiger charge is 2.50. The molecule has 4 bridgehead atoms. The number of likely N-dealkylation sites (tertiary alicyclic amines) is 1. The molecule has 0 radical (unpaired) electrons.